The number of rotatable bonds is 9. The van der Waals surface area contributed by atoms with Crippen molar-refractivity contribution in [2.24, 2.45) is 0 Å². The molecule has 4 aromatic rings. The lowest BCUT2D eigenvalue weighted by Gasteiger charge is -2.12. The Balaban J connectivity index is 1.45. The smallest absolute Gasteiger partial charge is 0.272 e. The Labute approximate surface area is 238 Å². The Hall–Kier alpha value is -4.62. The van der Waals surface area contributed by atoms with E-state index >= 15 is 0 Å². The molecule has 0 saturated carbocycles. The normalized spacial score (nSPS) is 11.0. The van der Waals surface area contributed by atoms with Crippen molar-refractivity contribution in [2.75, 3.05) is 16.4 Å². The van der Waals surface area contributed by atoms with Crippen LogP contribution in [0.25, 0.3) is 6.08 Å². The topological polar surface area (TPSA) is 87.3 Å². The van der Waals surface area contributed by atoms with Crippen LogP contribution in [-0.2, 0) is 9.59 Å². The number of carbonyl (C=O) groups is 3. The van der Waals surface area contributed by atoms with Crippen molar-refractivity contribution in [3.8, 4) is 0 Å². The molecule has 0 radical (unpaired) electrons. The second-order valence-electron chi connectivity index (χ2n) is 9.43. The lowest BCUT2D eigenvalue weighted by atomic mass is 10.1. The van der Waals surface area contributed by atoms with Gasteiger partial charge >= 0.3 is 0 Å². The molecule has 6 nitrogen and oxygen atoms in total. The molecule has 0 aromatic heterocycles. The van der Waals surface area contributed by atoms with Gasteiger partial charge in [-0.15, -0.1) is 11.8 Å². The third-order valence-electron chi connectivity index (χ3n) is 6.01. The molecule has 0 aliphatic carbocycles. The van der Waals surface area contributed by atoms with Crippen molar-refractivity contribution in [3.63, 3.8) is 0 Å². The molecule has 40 heavy (non-hydrogen) atoms. The monoisotopic (exact) mass is 549 g/mol. The first-order valence-corrected chi connectivity index (χ1v) is 13.8. The first kappa shape index (κ1) is 28.4. The molecule has 0 heterocycles. The Bertz CT molecular complexity index is 1560. The van der Waals surface area contributed by atoms with Gasteiger partial charge in [0.05, 0.1) is 5.75 Å². The van der Waals surface area contributed by atoms with E-state index in [4.69, 9.17) is 0 Å². The highest BCUT2D eigenvalue weighted by atomic mass is 32.2. The molecule has 0 aliphatic rings. The predicted molar refractivity (Wildman–Crippen MR) is 163 cm³/mol. The van der Waals surface area contributed by atoms with E-state index < -0.39 is 5.91 Å². The average Bonchev–Trinajstić information content (AvgIpc) is 2.94. The molecular weight excluding hydrogens is 518 g/mol. The maximum Gasteiger partial charge on any atom is 0.272 e. The van der Waals surface area contributed by atoms with E-state index in [1.54, 1.807) is 42.5 Å². The SMILES string of the molecule is Cc1cccc(/C=C(/NC(=O)c2ccccc2)C(=O)Nc2cccc(SCC(=O)Nc3cc(C)ccc3C)c2)c1. The zero-order valence-corrected chi connectivity index (χ0v) is 23.5. The average molecular weight is 550 g/mol. The van der Waals surface area contributed by atoms with E-state index in [1.807, 2.05) is 81.4 Å². The van der Waals surface area contributed by atoms with Gasteiger partial charge in [-0.05, 0) is 79.9 Å². The molecular formula is C33H31N3O3S. The van der Waals surface area contributed by atoms with Gasteiger partial charge in [0, 0.05) is 21.8 Å². The second kappa shape index (κ2) is 13.4. The van der Waals surface area contributed by atoms with Crippen LogP contribution < -0.4 is 16.0 Å². The van der Waals surface area contributed by atoms with Crippen LogP contribution >= 0.6 is 11.8 Å². The molecule has 4 aromatic carbocycles. The number of aryl methyl sites for hydroxylation is 3. The van der Waals surface area contributed by atoms with Gasteiger partial charge in [-0.25, -0.2) is 0 Å². The number of nitrogens with one attached hydrogen (secondary N) is 3. The summed E-state index contributed by atoms with van der Waals surface area (Å²) in [6, 6.07) is 29.6. The van der Waals surface area contributed by atoms with Gasteiger partial charge in [0.25, 0.3) is 11.8 Å². The summed E-state index contributed by atoms with van der Waals surface area (Å²) >= 11 is 1.37. The fourth-order valence-electron chi connectivity index (χ4n) is 3.94. The highest BCUT2D eigenvalue weighted by molar-refractivity contribution is 8.00. The van der Waals surface area contributed by atoms with Crippen molar-refractivity contribution in [1.29, 1.82) is 0 Å². The standard InChI is InChI=1S/C33H31N3O3S/c1-22-9-7-10-25(17-22)19-30(36-32(38)26-11-5-4-6-12-26)33(39)34-27-13-8-14-28(20-27)40-21-31(37)35-29-18-23(2)15-16-24(29)3/h4-20H,21H2,1-3H3,(H,34,39)(H,35,37)(H,36,38)/b30-19+. The first-order chi connectivity index (χ1) is 19.3. The summed E-state index contributed by atoms with van der Waals surface area (Å²) in [5, 5.41) is 8.60. The molecule has 0 fully saturated rings. The minimum Gasteiger partial charge on any atom is -0.325 e. The van der Waals surface area contributed by atoms with Crippen LogP contribution in [0.2, 0.25) is 0 Å². The fraction of sp³-hybridized carbons (Fsp3) is 0.121. The van der Waals surface area contributed by atoms with E-state index in [2.05, 4.69) is 16.0 Å². The summed E-state index contributed by atoms with van der Waals surface area (Å²) in [5.41, 5.74) is 5.82. The van der Waals surface area contributed by atoms with Crippen LogP contribution in [0.4, 0.5) is 11.4 Å². The maximum absolute atomic E-state index is 13.3. The molecule has 3 amide bonds. The van der Waals surface area contributed by atoms with Gasteiger partial charge in [0.2, 0.25) is 5.91 Å². The minimum absolute atomic E-state index is 0.111. The van der Waals surface area contributed by atoms with E-state index in [1.165, 1.54) is 11.8 Å². The third kappa shape index (κ3) is 8.19. The lowest BCUT2D eigenvalue weighted by molar-refractivity contribution is -0.114. The number of anilines is 2. The maximum atomic E-state index is 13.3. The summed E-state index contributed by atoms with van der Waals surface area (Å²) in [6.07, 6.45) is 1.65. The number of hydrogen-bond donors (Lipinski definition) is 3. The van der Waals surface area contributed by atoms with Crippen LogP contribution in [-0.4, -0.2) is 23.5 Å². The highest BCUT2D eigenvalue weighted by Crippen LogP contribution is 2.23. The summed E-state index contributed by atoms with van der Waals surface area (Å²) in [4.78, 5) is 39.6. The Kier molecular flexibility index (Phi) is 9.54. The zero-order valence-electron chi connectivity index (χ0n) is 22.7. The van der Waals surface area contributed by atoms with Crippen LogP contribution in [0.5, 0.6) is 0 Å². The summed E-state index contributed by atoms with van der Waals surface area (Å²) in [7, 11) is 0. The second-order valence-corrected chi connectivity index (χ2v) is 10.5. The summed E-state index contributed by atoms with van der Waals surface area (Å²) in [5.74, 6) is -0.731. The predicted octanol–water partition coefficient (Wildman–Crippen LogP) is 6.75. The number of amides is 3. The van der Waals surface area contributed by atoms with Gasteiger partial charge in [-0.3, -0.25) is 14.4 Å². The molecule has 3 N–H and O–H groups in total. The van der Waals surface area contributed by atoms with Gasteiger partial charge in [0.15, 0.2) is 0 Å². The van der Waals surface area contributed by atoms with Gasteiger partial charge in [-0.2, -0.15) is 0 Å². The molecule has 0 spiro atoms. The molecule has 0 unspecified atom stereocenters. The largest absolute Gasteiger partial charge is 0.325 e. The molecule has 0 saturated heterocycles. The molecule has 0 bridgehead atoms. The third-order valence-corrected chi connectivity index (χ3v) is 7.00. The van der Waals surface area contributed by atoms with E-state index in [-0.39, 0.29) is 23.3 Å². The van der Waals surface area contributed by atoms with Crippen LogP contribution in [0.3, 0.4) is 0 Å². The van der Waals surface area contributed by atoms with Crippen LogP contribution in [0.1, 0.15) is 32.6 Å². The van der Waals surface area contributed by atoms with Crippen LogP contribution in [0.15, 0.2) is 108 Å². The molecule has 7 heteroatoms. The number of thioether (sulfide) groups is 1. The fourth-order valence-corrected chi connectivity index (χ4v) is 4.69. The molecule has 4 rings (SSSR count). The van der Waals surface area contributed by atoms with Crippen molar-refractivity contribution in [2.45, 2.75) is 25.7 Å². The molecule has 0 atom stereocenters. The summed E-state index contributed by atoms with van der Waals surface area (Å²) in [6.45, 7) is 5.90. The van der Waals surface area contributed by atoms with E-state index in [0.29, 0.717) is 11.3 Å². The lowest BCUT2D eigenvalue weighted by Crippen LogP contribution is -2.30. The quantitative estimate of drug-likeness (QED) is 0.159. The van der Waals surface area contributed by atoms with E-state index in [0.717, 1.165) is 32.8 Å². The number of carbonyl (C=O) groups excluding carboxylic acids is 3. The van der Waals surface area contributed by atoms with Gasteiger partial charge < -0.3 is 16.0 Å². The molecule has 0 aliphatic heterocycles. The van der Waals surface area contributed by atoms with Crippen molar-refractivity contribution >= 4 is 46.9 Å². The highest BCUT2D eigenvalue weighted by Gasteiger charge is 2.15. The molecule has 202 valence electrons. The number of hydrogen-bond acceptors (Lipinski definition) is 4. The van der Waals surface area contributed by atoms with Gasteiger partial charge in [-0.1, -0.05) is 66.2 Å². The zero-order chi connectivity index (χ0) is 28.5. The minimum atomic E-state index is -0.458. The first-order valence-electron chi connectivity index (χ1n) is 12.8. The Morgan fingerprint density at radius 3 is 2.27 bits per heavy atom. The van der Waals surface area contributed by atoms with Crippen LogP contribution in [0, 0.1) is 20.8 Å². The van der Waals surface area contributed by atoms with E-state index in [9.17, 15) is 14.4 Å². The van der Waals surface area contributed by atoms with Crippen molar-refractivity contribution in [1.82, 2.24) is 5.32 Å². The Morgan fingerprint density at radius 1 is 0.750 bits per heavy atom. The van der Waals surface area contributed by atoms with Crippen molar-refractivity contribution in [3.05, 3.63) is 131 Å². The summed E-state index contributed by atoms with van der Waals surface area (Å²) < 4.78 is 0. The number of benzene rings is 4. The van der Waals surface area contributed by atoms with Gasteiger partial charge in [0.1, 0.15) is 5.70 Å². The van der Waals surface area contributed by atoms with Crippen molar-refractivity contribution < 1.29 is 14.4 Å². The Morgan fingerprint density at radius 2 is 1.50 bits per heavy atom.